The molecule has 136 valence electrons. The molecule has 2 N–H and O–H groups in total. The molecule has 1 aliphatic carbocycles. The number of aromatic amines is 2. The van der Waals surface area contributed by atoms with Crippen molar-refractivity contribution in [3.8, 4) is 5.75 Å². The van der Waals surface area contributed by atoms with Crippen molar-refractivity contribution in [2.45, 2.75) is 42.9 Å². The minimum absolute atomic E-state index is 0.00314. The highest BCUT2D eigenvalue weighted by atomic mass is 32.2. The highest BCUT2D eigenvalue weighted by molar-refractivity contribution is 7.87. The first-order valence-corrected chi connectivity index (χ1v) is 10.2. The molecule has 0 aliphatic heterocycles. The number of imidazole rings is 1. The molecule has 1 heterocycles. The fraction of sp³-hybridized carbons (Fsp3) is 0.316. The van der Waals surface area contributed by atoms with Gasteiger partial charge in [0.1, 0.15) is 10.6 Å². The molecular weight excluding hydrogens is 352 g/mol. The summed E-state index contributed by atoms with van der Waals surface area (Å²) in [4.78, 5) is 16.4. The first kappa shape index (κ1) is 16.9. The van der Waals surface area contributed by atoms with Gasteiger partial charge in [-0.05, 0) is 54.7 Å². The van der Waals surface area contributed by atoms with E-state index in [1.807, 2.05) is 12.1 Å². The third-order valence-electron chi connectivity index (χ3n) is 4.94. The number of aromatic nitrogens is 2. The molecule has 0 atom stereocenters. The second kappa shape index (κ2) is 6.64. The maximum Gasteiger partial charge on any atom is 0.339 e. The van der Waals surface area contributed by atoms with Gasteiger partial charge in [-0.1, -0.05) is 31.4 Å². The first-order valence-electron chi connectivity index (χ1n) is 8.78. The maximum atomic E-state index is 12.5. The average molecular weight is 372 g/mol. The monoisotopic (exact) mass is 372 g/mol. The second-order valence-electron chi connectivity index (χ2n) is 6.73. The van der Waals surface area contributed by atoms with Crippen LogP contribution >= 0.6 is 0 Å². The molecule has 6 nitrogen and oxygen atoms in total. The van der Waals surface area contributed by atoms with Gasteiger partial charge in [0.15, 0.2) is 0 Å². The molecule has 1 aromatic heterocycles. The van der Waals surface area contributed by atoms with Gasteiger partial charge in [-0.2, -0.15) is 8.42 Å². The van der Waals surface area contributed by atoms with Crippen LogP contribution in [0.3, 0.4) is 0 Å². The van der Waals surface area contributed by atoms with Crippen LogP contribution in [0.5, 0.6) is 5.75 Å². The predicted molar refractivity (Wildman–Crippen MR) is 99.0 cm³/mol. The first-order chi connectivity index (χ1) is 12.5. The van der Waals surface area contributed by atoms with Crippen LogP contribution in [0.2, 0.25) is 0 Å². The standard InChI is InChI=1S/C19H20N2O4S/c22-19-20-17-11-10-16(12-18(17)21-19)26(23,24)25-15-8-6-14(7-9-15)13-4-2-1-3-5-13/h6-13H,1-5H2,(H2,20,21,22). The van der Waals surface area contributed by atoms with Crippen molar-refractivity contribution in [3.05, 3.63) is 58.5 Å². The summed E-state index contributed by atoms with van der Waals surface area (Å²) in [5.74, 6) is 0.842. The SMILES string of the molecule is O=c1[nH]c2ccc(S(=O)(=O)Oc3ccc(C4CCCCC4)cc3)cc2[nH]1. The Bertz CT molecular complexity index is 1070. The Hall–Kier alpha value is -2.54. The summed E-state index contributed by atoms with van der Waals surface area (Å²) >= 11 is 0. The Morgan fingerprint density at radius 1 is 0.885 bits per heavy atom. The zero-order valence-electron chi connectivity index (χ0n) is 14.2. The number of H-pyrrole nitrogens is 2. The van der Waals surface area contributed by atoms with Crippen molar-refractivity contribution in [3.63, 3.8) is 0 Å². The Morgan fingerprint density at radius 3 is 2.31 bits per heavy atom. The van der Waals surface area contributed by atoms with Crippen LogP contribution in [0.4, 0.5) is 0 Å². The van der Waals surface area contributed by atoms with Gasteiger partial charge in [0.25, 0.3) is 0 Å². The van der Waals surface area contributed by atoms with Crippen molar-refractivity contribution in [2.75, 3.05) is 0 Å². The number of hydrogen-bond acceptors (Lipinski definition) is 4. The molecule has 0 radical (unpaired) electrons. The summed E-state index contributed by atoms with van der Waals surface area (Å²) in [5.41, 5.74) is 1.83. The summed E-state index contributed by atoms with van der Waals surface area (Å²) < 4.78 is 30.3. The lowest BCUT2D eigenvalue weighted by Crippen LogP contribution is -2.10. The van der Waals surface area contributed by atoms with Crippen molar-refractivity contribution >= 4 is 21.2 Å². The smallest absolute Gasteiger partial charge is 0.339 e. The fourth-order valence-electron chi connectivity index (χ4n) is 3.57. The van der Waals surface area contributed by atoms with Gasteiger partial charge < -0.3 is 14.2 Å². The Morgan fingerprint density at radius 2 is 1.58 bits per heavy atom. The topological polar surface area (TPSA) is 92.0 Å². The van der Waals surface area contributed by atoms with Gasteiger partial charge >= 0.3 is 15.8 Å². The molecule has 4 rings (SSSR count). The Balaban J connectivity index is 1.55. The quantitative estimate of drug-likeness (QED) is 0.684. The van der Waals surface area contributed by atoms with Crippen LogP contribution in [0.1, 0.15) is 43.6 Å². The van der Waals surface area contributed by atoms with Crippen molar-refractivity contribution < 1.29 is 12.6 Å². The van der Waals surface area contributed by atoms with Crippen LogP contribution in [0, 0.1) is 0 Å². The third-order valence-corrected chi connectivity index (χ3v) is 6.18. The molecule has 1 saturated carbocycles. The fourth-order valence-corrected chi connectivity index (χ4v) is 4.53. The number of hydrogen-bond donors (Lipinski definition) is 2. The van der Waals surface area contributed by atoms with Crippen molar-refractivity contribution in [1.29, 1.82) is 0 Å². The van der Waals surface area contributed by atoms with Gasteiger partial charge in [-0.25, -0.2) is 4.79 Å². The summed E-state index contributed by atoms with van der Waals surface area (Å²) in [6.07, 6.45) is 6.18. The predicted octanol–water partition coefficient (Wildman–Crippen LogP) is 3.67. The van der Waals surface area contributed by atoms with E-state index in [9.17, 15) is 13.2 Å². The molecular formula is C19H20N2O4S. The lowest BCUT2D eigenvalue weighted by molar-refractivity contribution is 0.443. The highest BCUT2D eigenvalue weighted by Crippen LogP contribution is 2.33. The van der Waals surface area contributed by atoms with E-state index in [1.165, 1.54) is 55.9 Å². The normalized spacial score (nSPS) is 16.0. The van der Waals surface area contributed by atoms with Crippen LogP contribution in [-0.4, -0.2) is 18.4 Å². The number of benzene rings is 2. The van der Waals surface area contributed by atoms with E-state index in [0.717, 1.165) is 0 Å². The summed E-state index contributed by atoms with van der Waals surface area (Å²) in [6.45, 7) is 0. The van der Waals surface area contributed by atoms with E-state index < -0.39 is 10.1 Å². The van der Waals surface area contributed by atoms with Gasteiger partial charge in [0, 0.05) is 0 Å². The molecule has 3 aromatic rings. The van der Waals surface area contributed by atoms with E-state index in [2.05, 4.69) is 9.97 Å². The maximum absolute atomic E-state index is 12.5. The molecule has 0 saturated heterocycles. The van der Waals surface area contributed by atoms with Crippen LogP contribution in [0.25, 0.3) is 11.0 Å². The zero-order chi connectivity index (χ0) is 18.1. The van der Waals surface area contributed by atoms with E-state index in [4.69, 9.17) is 4.18 Å². The summed E-state index contributed by atoms with van der Waals surface area (Å²) in [7, 11) is -3.97. The second-order valence-corrected chi connectivity index (χ2v) is 8.27. The van der Waals surface area contributed by atoms with E-state index in [1.54, 1.807) is 12.1 Å². The van der Waals surface area contributed by atoms with Crippen LogP contribution in [-0.2, 0) is 10.1 Å². The molecule has 26 heavy (non-hydrogen) atoms. The van der Waals surface area contributed by atoms with Gasteiger partial charge in [0.05, 0.1) is 11.0 Å². The Kier molecular flexibility index (Phi) is 4.32. The molecule has 1 aliphatic rings. The lowest BCUT2D eigenvalue weighted by atomic mass is 9.84. The van der Waals surface area contributed by atoms with Gasteiger partial charge in [-0.15, -0.1) is 0 Å². The Labute approximate surface area is 151 Å². The molecule has 2 aromatic carbocycles. The zero-order valence-corrected chi connectivity index (χ0v) is 15.0. The molecule has 0 amide bonds. The van der Waals surface area contributed by atoms with Gasteiger partial charge in [0.2, 0.25) is 0 Å². The van der Waals surface area contributed by atoms with E-state index in [0.29, 0.717) is 17.0 Å². The largest absolute Gasteiger partial charge is 0.379 e. The van der Waals surface area contributed by atoms with E-state index in [-0.39, 0.29) is 16.3 Å². The number of nitrogens with one attached hydrogen (secondary N) is 2. The van der Waals surface area contributed by atoms with Gasteiger partial charge in [-0.3, -0.25) is 0 Å². The molecule has 1 fully saturated rings. The average Bonchev–Trinajstić information content (AvgIpc) is 3.02. The molecule has 0 bridgehead atoms. The van der Waals surface area contributed by atoms with Crippen LogP contribution in [0.15, 0.2) is 52.2 Å². The summed E-state index contributed by atoms with van der Waals surface area (Å²) in [5, 5.41) is 0. The van der Waals surface area contributed by atoms with Crippen molar-refractivity contribution in [1.82, 2.24) is 9.97 Å². The minimum atomic E-state index is -3.97. The van der Waals surface area contributed by atoms with E-state index >= 15 is 0 Å². The number of rotatable bonds is 4. The van der Waals surface area contributed by atoms with Crippen molar-refractivity contribution in [2.24, 2.45) is 0 Å². The number of fused-ring (bicyclic) bond motifs is 1. The van der Waals surface area contributed by atoms with Crippen LogP contribution < -0.4 is 9.87 Å². The third kappa shape index (κ3) is 3.39. The molecule has 7 heteroatoms. The molecule has 0 spiro atoms. The summed E-state index contributed by atoms with van der Waals surface area (Å²) in [6, 6.07) is 11.7. The highest BCUT2D eigenvalue weighted by Gasteiger charge is 2.19. The minimum Gasteiger partial charge on any atom is -0.379 e. The lowest BCUT2D eigenvalue weighted by Gasteiger charge is -2.22. The molecule has 0 unspecified atom stereocenters.